The number of H-pyrrole nitrogens is 1. The molecular weight excluding hydrogens is 997 g/mol. The molecule has 2 aliphatic heterocycles. The van der Waals surface area contributed by atoms with Crippen LogP contribution < -0.4 is 32.8 Å². The van der Waals surface area contributed by atoms with E-state index in [-0.39, 0.29) is 98.1 Å². The Morgan fingerprint density at radius 3 is 2.47 bits per heavy atom. The highest BCUT2D eigenvalue weighted by Gasteiger charge is 2.52. The first-order valence-electron chi connectivity index (χ1n) is 22.1. The van der Waals surface area contributed by atoms with E-state index >= 15 is 13.0 Å². The Balaban J connectivity index is 0.757. The van der Waals surface area contributed by atoms with Crippen LogP contribution in [0.3, 0.4) is 0 Å². The lowest BCUT2D eigenvalue weighted by Gasteiger charge is -2.30. The number of halogens is 4. The maximum absolute atomic E-state index is 16.0. The molecule has 0 radical (unpaired) electrons. The van der Waals surface area contributed by atoms with Crippen molar-refractivity contribution in [1.82, 2.24) is 28.5 Å². The number of pyridine rings is 1. The number of ether oxygens (including phenoxy) is 2. The molecule has 0 saturated heterocycles. The first-order chi connectivity index (χ1) is 32.7. The summed E-state index contributed by atoms with van der Waals surface area (Å²) in [6.07, 6.45) is 8.08. The quantitative estimate of drug-likeness (QED) is 0.0469. The van der Waals surface area contributed by atoms with Crippen molar-refractivity contribution < 1.29 is 36.6 Å². The first kappa shape index (κ1) is 46.4. The summed E-state index contributed by atoms with van der Waals surface area (Å²) < 4.78 is 64.8. The topological polar surface area (TPSA) is 178 Å². The van der Waals surface area contributed by atoms with Crippen molar-refractivity contribution in [1.29, 1.82) is 0 Å². The number of fused-ring (bicyclic) bond motifs is 3. The summed E-state index contributed by atoms with van der Waals surface area (Å²) in [6, 6.07) is 17.4. The van der Waals surface area contributed by atoms with Gasteiger partial charge in [-0.1, -0.05) is 6.07 Å². The molecular formula is C47H46BF3IN9O7. The van der Waals surface area contributed by atoms with Crippen LogP contribution in [0.1, 0.15) is 54.4 Å². The smallest absolute Gasteiger partial charge is 0.394 e. The fourth-order valence-electron chi connectivity index (χ4n) is 8.71. The summed E-state index contributed by atoms with van der Waals surface area (Å²) in [6.45, 7) is -1.84. The maximum atomic E-state index is 16.0. The van der Waals surface area contributed by atoms with Crippen LogP contribution in [-0.4, -0.2) is 85.1 Å². The lowest BCUT2D eigenvalue weighted by molar-refractivity contribution is -0.360. The van der Waals surface area contributed by atoms with E-state index in [1.54, 1.807) is 79.0 Å². The van der Waals surface area contributed by atoms with Crippen molar-refractivity contribution in [3.05, 3.63) is 154 Å². The molecule has 2 aromatic carbocycles. The summed E-state index contributed by atoms with van der Waals surface area (Å²) in [7, 11) is 1.47. The maximum Gasteiger partial charge on any atom is 0.737 e. The van der Waals surface area contributed by atoms with E-state index in [4.69, 9.17) is 9.47 Å². The Bertz CT molecular complexity index is 3280. The normalized spacial score (nSPS) is 14.8. The van der Waals surface area contributed by atoms with Crippen molar-refractivity contribution in [2.45, 2.75) is 45.1 Å². The minimum Gasteiger partial charge on any atom is -0.394 e. The van der Waals surface area contributed by atoms with Gasteiger partial charge in [0.1, 0.15) is 22.7 Å². The lowest BCUT2D eigenvalue weighted by atomic mass is 9.90. The highest BCUT2D eigenvalue weighted by Crippen LogP contribution is 2.36. The summed E-state index contributed by atoms with van der Waals surface area (Å²) >= 11 is 1.98. The number of benzene rings is 2. The van der Waals surface area contributed by atoms with E-state index in [0.717, 1.165) is 8.96 Å². The number of aromatic amines is 1. The fraction of sp³-hybridized carbons (Fsp3) is 0.277. The molecule has 6 heterocycles. The van der Waals surface area contributed by atoms with Crippen LogP contribution >= 0.6 is 22.6 Å². The van der Waals surface area contributed by atoms with E-state index in [9.17, 15) is 24.0 Å². The van der Waals surface area contributed by atoms with Gasteiger partial charge in [-0.25, -0.2) is 9.18 Å². The highest BCUT2D eigenvalue weighted by atomic mass is 127. The molecule has 1 fully saturated rings. The van der Waals surface area contributed by atoms with Crippen LogP contribution in [0.15, 0.2) is 105 Å². The van der Waals surface area contributed by atoms with E-state index in [2.05, 4.69) is 20.9 Å². The molecule has 9 rings (SSSR count). The Morgan fingerprint density at radius 1 is 0.926 bits per heavy atom. The average Bonchev–Trinajstić information content (AvgIpc) is 3.62. The number of hydrogen-bond acceptors (Lipinski definition) is 8. The molecule has 21 heteroatoms. The second-order valence-corrected chi connectivity index (χ2v) is 18.0. The molecule has 3 aliphatic rings. The predicted octanol–water partition coefficient (Wildman–Crippen LogP) is 5.87. The van der Waals surface area contributed by atoms with Crippen LogP contribution in [0.2, 0.25) is 0 Å². The van der Waals surface area contributed by atoms with Gasteiger partial charge in [-0.15, -0.1) is 0 Å². The van der Waals surface area contributed by atoms with Gasteiger partial charge < -0.3 is 48.0 Å². The van der Waals surface area contributed by atoms with E-state index in [1.165, 1.54) is 39.8 Å². The monoisotopic (exact) mass is 1040 g/mol. The Hall–Kier alpha value is -6.72. The Morgan fingerprint density at radius 2 is 1.72 bits per heavy atom. The van der Waals surface area contributed by atoms with Gasteiger partial charge in [0, 0.05) is 71.0 Å². The van der Waals surface area contributed by atoms with Gasteiger partial charge in [0.05, 0.1) is 49.7 Å². The minimum atomic E-state index is -4.21. The molecule has 2 amide bonds. The van der Waals surface area contributed by atoms with E-state index in [1.807, 2.05) is 22.6 Å². The standard InChI is InChI=1S/C47H46BF3IN9O7/c1-28-43-42(44(57(2)45(28)64)56-37-15-8-29(52)25-36(37)49)46(65)59(31-9-10-31)47(66)58(43)33-6-3-5-30(26-33)55-41(63)18-21-67-23-24-68-22-20-54-40(62)17-14-32-11-12-34-27-35-13-16-39(38-7-4-19-53-38)61(35)48(50,51)60(32)34/h3-8,11-13,15-16,19,25-27,31,53,56H,9-10,14,17-18,20-24H2,1-2H3,(H,54,62)(H,55,63). The lowest BCUT2D eigenvalue weighted by Crippen LogP contribution is -2.51. The molecule has 0 spiro atoms. The van der Waals surface area contributed by atoms with Crippen molar-refractivity contribution in [3.8, 4) is 5.69 Å². The summed E-state index contributed by atoms with van der Waals surface area (Å²) in [5, 5.41) is 8.56. The van der Waals surface area contributed by atoms with Crippen LogP contribution in [0.25, 0.3) is 22.7 Å². The molecule has 352 valence electrons. The number of anilines is 3. The number of amides is 2. The second kappa shape index (κ2) is 19.1. The van der Waals surface area contributed by atoms with Crippen molar-refractivity contribution in [2.75, 3.05) is 43.6 Å². The molecule has 68 heavy (non-hydrogen) atoms. The highest BCUT2D eigenvalue weighted by molar-refractivity contribution is 14.1. The molecule has 1 saturated carbocycles. The van der Waals surface area contributed by atoms with Crippen molar-refractivity contribution in [2.24, 2.45) is 7.05 Å². The third-order valence-corrected chi connectivity index (χ3v) is 12.8. The number of hydrogen-bond donors (Lipinski definition) is 4. The molecule has 0 unspecified atom stereocenters. The summed E-state index contributed by atoms with van der Waals surface area (Å²) in [4.78, 5) is 70.7. The van der Waals surface area contributed by atoms with Crippen LogP contribution in [0.5, 0.6) is 0 Å². The van der Waals surface area contributed by atoms with Gasteiger partial charge in [-0.05, 0) is 115 Å². The number of aromatic nitrogens is 5. The number of carbonyl (C=O) groups excluding carboxylic acids is 2. The van der Waals surface area contributed by atoms with Crippen LogP contribution in [0.4, 0.5) is 30.2 Å². The summed E-state index contributed by atoms with van der Waals surface area (Å²) in [5.41, 5.74) is 1.23. The average molecular weight is 1040 g/mol. The molecule has 0 atom stereocenters. The number of nitrogens with one attached hydrogen (secondary N) is 4. The number of nitrogens with zero attached hydrogens (tertiary/aromatic N) is 5. The molecule has 1 aliphatic carbocycles. The second-order valence-electron chi connectivity index (χ2n) is 16.7. The predicted molar refractivity (Wildman–Crippen MR) is 261 cm³/mol. The van der Waals surface area contributed by atoms with Crippen LogP contribution in [0, 0.1) is 16.3 Å². The van der Waals surface area contributed by atoms with Gasteiger partial charge in [-0.2, -0.15) is 0 Å². The first-order valence-corrected chi connectivity index (χ1v) is 23.2. The number of carbonyl (C=O) groups is 2. The number of rotatable bonds is 18. The third-order valence-electron chi connectivity index (χ3n) is 12.1. The van der Waals surface area contributed by atoms with E-state index < -0.39 is 29.6 Å². The minimum absolute atomic E-state index is 0.00844. The Labute approximate surface area is 400 Å². The molecule has 6 aromatic rings. The zero-order valence-electron chi connectivity index (χ0n) is 37.0. The van der Waals surface area contributed by atoms with Gasteiger partial charge in [0.25, 0.3) is 11.1 Å². The zero-order chi connectivity index (χ0) is 47.9. The summed E-state index contributed by atoms with van der Waals surface area (Å²) in [5.74, 6) is -1.24. The number of allylic oxidation sites excluding steroid dienone is 2. The van der Waals surface area contributed by atoms with Gasteiger partial charge in [0.2, 0.25) is 11.8 Å². The van der Waals surface area contributed by atoms with Crippen molar-refractivity contribution in [3.63, 3.8) is 0 Å². The zero-order valence-corrected chi connectivity index (χ0v) is 39.1. The molecule has 4 aromatic heterocycles. The molecule has 0 bridgehead atoms. The van der Waals surface area contributed by atoms with Crippen LogP contribution in [-0.2, 0) is 32.5 Å². The number of aryl methyl sites for hydroxylation is 2. The van der Waals surface area contributed by atoms with Gasteiger partial charge >= 0.3 is 12.7 Å². The third kappa shape index (κ3) is 9.04. The van der Waals surface area contributed by atoms with E-state index in [0.29, 0.717) is 56.3 Å². The SMILES string of the molecule is Cc1c(=O)n(C)c(Nc2ccc(I)cc2F)c2c(=O)n(C3CC3)c(=O)n(-c3cccc(NC(=O)CCOCCOCCNC(=O)CCc4ccc5n4[B-](F)(F)[N+]4=C(c6ccc[nH]6)C=CC4=C5)c3)c12. The Kier molecular flexibility index (Phi) is 13.0. The molecule has 16 nitrogen and oxygen atoms in total. The largest absolute Gasteiger partial charge is 0.737 e. The van der Waals surface area contributed by atoms with Gasteiger partial charge in [-0.3, -0.25) is 32.9 Å². The fourth-order valence-corrected chi connectivity index (χ4v) is 9.17. The van der Waals surface area contributed by atoms with Gasteiger partial charge in [0.15, 0.2) is 11.4 Å². The molecule has 4 N–H and O–H groups in total. The van der Waals surface area contributed by atoms with Crippen molar-refractivity contribution >= 4 is 81.3 Å².